The fourth-order valence-corrected chi connectivity index (χ4v) is 6.88. The van der Waals surface area contributed by atoms with Gasteiger partial charge in [0.1, 0.15) is 6.33 Å². The van der Waals surface area contributed by atoms with Gasteiger partial charge >= 0.3 is 0 Å². The molecule has 224 valence electrons. The standard InChI is InChI=1S/C34H41N7OS/c1-5-24-14-31-32(8-7-13-39-31)43-41(19-24)20-26-15-25(10-9-22(26)3)29(16-33(42)40-27-17-36-21-37-18-27)28-11-12-30(38-6-2)34(35)23(28)4/h7-13,15,17-18,21,24,29,38H,5-6,14,16,19-20,35H2,1-4H3,(H,40,42)/t24-,29?/m0/s1. The SMILES string of the molecule is CCNc1ccc(C(CC(=O)Nc2cncnc2)c2ccc(C)c(CN3C[C@@H](CC)Cc4ncccc4S3)c2)c(C)c1N. The highest BCUT2D eigenvalue weighted by molar-refractivity contribution is 7.97. The second-order valence-corrected chi connectivity index (χ2v) is 12.4. The van der Waals surface area contributed by atoms with Crippen LogP contribution in [0.4, 0.5) is 17.1 Å². The fraction of sp³-hybridized carbons (Fsp3) is 0.353. The minimum Gasteiger partial charge on any atom is -0.397 e. The van der Waals surface area contributed by atoms with Gasteiger partial charge < -0.3 is 16.4 Å². The summed E-state index contributed by atoms with van der Waals surface area (Å²) >= 11 is 1.81. The van der Waals surface area contributed by atoms with Crippen LogP contribution >= 0.6 is 11.9 Å². The first-order valence-corrected chi connectivity index (χ1v) is 15.8. The fourth-order valence-electron chi connectivity index (χ4n) is 5.74. The molecule has 4 N–H and O–H groups in total. The van der Waals surface area contributed by atoms with Crippen LogP contribution in [0.1, 0.15) is 66.1 Å². The lowest BCUT2D eigenvalue weighted by Gasteiger charge is -2.26. The van der Waals surface area contributed by atoms with E-state index in [-0.39, 0.29) is 18.2 Å². The molecule has 1 unspecified atom stereocenters. The van der Waals surface area contributed by atoms with Crippen LogP contribution in [0.2, 0.25) is 0 Å². The van der Waals surface area contributed by atoms with Crippen molar-refractivity contribution in [3.63, 3.8) is 0 Å². The van der Waals surface area contributed by atoms with E-state index in [1.54, 1.807) is 24.3 Å². The first-order valence-electron chi connectivity index (χ1n) is 15.0. The minimum absolute atomic E-state index is 0.103. The lowest BCUT2D eigenvalue weighted by molar-refractivity contribution is -0.116. The molecule has 3 heterocycles. The smallest absolute Gasteiger partial charge is 0.225 e. The van der Waals surface area contributed by atoms with Crippen molar-refractivity contribution < 1.29 is 4.79 Å². The molecule has 0 spiro atoms. The van der Waals surface area contributed by atoms with Crippen LogP contribution in [-0.4, -0.2) is 38.3 Å². The topological polar surface area (TPSA) is 109 Å². The average molecular weight is 596 g/mol. The highest BCUT2D eigenvalue weighted by atomic mass is 32.2. The maximum atomic E-state index is 13.4. The van der Waals surface area contributed by atoms with Gasteiger partial charge in [-0.15, -0.1) is 0 Å². The molecule has 9 heteroatoms. The summed E-state index contributed by atoms with van der Waals surface area (Å²) in [5.41, 5.74) is 15.6. The van der Waals surface area contributed by atoms with Crippen LogP contribution in [0, 0.1) is 19.8 Å². The van der Waals surface area contributed by atoms with Crippen molar-refractivity contribution in [1.29, 1.82) is 0 Å². The van der Waals surface area contributed by atoms with Gasteiger partial charge in [-0.1, -0.05) is 37.6 Å². The van der Waals surface area contributed by atoms with Gasteiger partial charge in [0.15, 0.2) is 0 Å². The Labute approximate surface area is 259 Å². The number of benzene rings is 2. The van der Waals surface area contributed by atoms with Crippen molar-refractivity contribution in [2.75, 3.05) is 29.5 Å². The van der Waals surface area contributed by atoms with Crippen LogP contribution in [-0.2, 0) is 17.8 Å². The minimum atomic E-state index is -0.188. The summed E-state index contributed by atoms with van der Waals surface area (Å²) in [6.07, 6.45) is 8.93. The molecule has 1 aliphatic heterocycles. The number of carbonyl (C=O) groups excluding carboxylic acids is 1. The summed E-state index contributed by atoms with van der Waals surface area (Å²) in [6, 6.07) is 14.9. The van der Waals surface area contributed by atoms with Crippen molar-refractivity contribution in [2.24, 2.45) is 5.92 Å². The zero-order valence-corrected chi connectivity index (χ0v) is 26.2. The average Bonchev–Trinajstić information content (AvgIpc) is 3.19. The summed E-state index contributed by atoms with van der Waals surface area (Å²) in [5, 5.41) is 6.32. The van der Waals surface area contributed by atoms with Gasteiger partial charge in [0.05, 0.1) is 35.1 Å². The third-order valence-electron chi connectivity index (χ3n) is 8.25. The highest BCUT2D eigenvalue weighted by Gasteiger charge is 2.25. The van der Waals surface area contributed by atoms with Crippen LogP contribution < -0.4 is 16.4 Å². The summed E-state index contributed by atoms with van der Waals surface area (Å²) in [6.45, 7) is 11.1. The number of hydrogen-bond donors (Lipinski definition) is 3. The first-order chi connectivity index (χ1) is 20.9. The molecule has 8 nitrogen and oxygen atoms in total. The zero-order chi connectivity index (χ0) is 30.3. The molecule has 1 aliphatic rings. The van der Waals surface area contributed by atoms with Crippen molar-refractivity contribution in [1.82, 2.24) is 19.3 Å². The molecule has 0 radical (unpaired) electrons. The van der Waals surface area contributed by atoms with E-state index in [4.69, 9.17) is 10.7 Å². The highest BCUT2D eigenvalue weighted by Crippen LogP contribution is 2.38. The van der Waals surface area contributed by atoms with E-state index in [2.05, 4.69) is 76.0 Å². The number of aryl methyl sites for hydroxylation is 1. The summed E-state index contributed by atoms with van der Waals surface area (Å²) in [4.78, 5) is 27.4. The van der Waals surface area contributed by atoms with Gasteiger partial charge in [0.25, 0.3) is 0 Å². The third-order valence-corrected chi connectivity index (χ3v) is 9.36. The molecule has 0 fully saturated rings. The number of amides is 1. The molecule has 0 saturated heterocycles. The Morgan fingerprint density at radius 2 is 1.95 bits per heavy atom. The number of hydrogen-bond acceptors (Lipinski definition) is 8. The van der Waals surface area contributed by atoms with E-state index in [1.807, 2.05) is 25.3 Å². The molecular weight excluding hydrogens is 554 g/mol. The summed E-state index contributed by atoms with van der Waals surface area (Å²) < 4.78 is 2.47. The maximum absolute atomic E-state index is 13.4. The molecule has 1 amide bonds. The van der Waals surface area contributed by atoms with Crippen LogP contribution in [0.25, 0.3) is 0 Å². The molecule has 2 atom stereocenters. The number of nitrogens with zero attached hydrogens (tertiary/aromatic N) is 4. The van der Waals surface area contributed by atoms with Crippen molar-refractivity contribution >= 4 is 34.9 Å². The van der Waals surface area contributed by atoms with Gasteiger partial charge in [-0.25, -0.2) is 14.3 Å². The number of anilines is 3. The van der Waals surface area contributed by atoms with Crippen molar-refractivity contribution in [3.8, 4) is 0 Å². The van der Waals surface area contributed by atoms with Gasteiger partial charge in [-0.3, -0.25) is 9.78 Å². The predicted octanol–water partition coefficient (Wildman–Crippen LogP) is 6.75. The van der Waals surface area contributed by atoms with E-state index < -0.39 is 0 Å². The van der Waals surface area contributed by atoms with Gasteiger partial charge in [-0.2, -0.15) is 0 Å². The van der Waals surface area contributed by atoms with Crippen LogP contribution in [0.5, 0.6) is 0 Å². The van der Waals surface area contributed by atoms with Crippen LogP contribution in [0.15, 0.2) is 72.3 Å². The Hall–Kier alpha value is -3.95. The molecule has 2 aromatic heterocycles. The predicted molar refractivity (Wildman–Crippen MR) is 176 cm³/mol. The first kappa shape index (κ1) is 30.5. The largest absolute Gasteiger partial charge is 0.397 e. The summed E-state index contributed by atoms with van der Waals surface area (Å²) in [5.74, 6) is 0.257. The maximum Gasteiger partial charge on any atom is 0.225 e. The normalized spacial score (nSPS) is 15.8. The molecule has 0 saturated carbocycles. The van der Waals surface area contributed by atoms with E-state index in [1.165, 1.54) is 28.0 Å². The number of aromatic nitrogens is 3. The number of carbonyl (C=O) groups is 1. The van der Waals surface area contributed by atoms with Gasteiger partial charge in [0.2, 0.25) is 5.91 Å². The molecule has 43 heavy (non-hydrogen) atoms. The molecule has 5 rings (SSSR count). The van der Waals surface area contributed by atoms with E-state index in [0.29, 0.717) is 17.3 Å². The number of pyridine rings is 1. The van der Waals surface area contributed by atoms with Crippen LogP contribution in [0.3, 0.4) is 0 Å². The number of nitrogens with two attached hydrogens (primary N) is 1. The van der Waals surface area contributed by atoms with Crippen molar-refractivity contribution in [2.45, 2.75) is 64.3 Å². The lowest BCUT2D eigenvalue weighted by Crippen LogP contribution is -2.23. The van der Waals surface area contributed by atoms with Gasteiger partial charge in [0, 0.05) is 43.1 Å². The molecule has 2 aromatic carbocycles. The molecular formula is C34H41N7OS. The summed E-state index contributed by atoms with van der Waals surface area (Å²) in [7, 11) is 0. The second-order valence-electron chi connectivity index (χ2n) is 11.2. The Bertz CT molecular complexity index is 1560. The Morgan fingerprint density at radius 3 is 2.72 bits per heavy atom. The Kier molecular flexibility index (Phi) is 9.94. The van der Waals surface area contributed by atoms with E-state index in [9.17, 15) is 4.79 Å². The Morgan fingerprint density at radius 1 is 1.14 bits per heavy atom. The number of rotatable bonds is 10. The second kappa shape index (κ2) is 14.0. The monoisotopic (exact) mass is 595 g/mol. The molecule has 4 aromatic rings. The van der Waals surface area contributed by atoms with Gasteiger partial charge in [-0.05, 0) is 91.1 Å². The van der Waals surface area contributed by atoms with E-state index in [0.717, 1.165) is 54.9 Å². The molecule has 0 bridgehead atoms. The third kappa shape index (κ3) is 7.35. The Balaban J connectivity index is 1.48. The zero-order valence-electron chi connectivity index (χ0n) is 25.4. The molecule has 0 aliphatic carbocycles. The quantitative estimate of drug-likeness (QED) is 0.136. The number of nitrogen functional groups attached to an aromatic ring is 1. The number of fused-ring (bicyclic) bond motifs is 1. The lowest BCUT2D eigenvalue weighted by atomic mass is 9.83. The van der Waals surface area contributed by atoms with E-state index >= 15 is 0 Å². The number of nitrogens with one attached hydrogen (secondary N) is 2. The van der Waals surface area contributed by atoms with Crippen molar-refractivity contribution in [3.05, 3.63) is 101 Å².